The molecule has 0 aromatic heterocycles. The maximum Gasteiger partial charge on any atom is 0.220 e. The van der Waals surface area contributed by atoms with Gasteiger partial charge in [-0.05, 0) is 109 Å². The number of aliphatic hydroxyl groups is 8. The van der Waals surface area contributed by atoms with Crippen molar-refractivity contribution in [3.8, 4) is 0 Å². The minimum absolute atomic E-state index is 0.256. The number of carbonyl (C=O) groups is 1. The first-order valence-corrected chi connectivity index (χ1v) is 40.9. The third kappa shape index (κ3) is 51.9. The summed E-state index contributed by atoms with van der Waals surface area (Å²) in [5.74, 6) is -0.261. The number of hydrogen-bond donors (Lipinski definition) is 9. The predicted molar refractivity (Wildman–Crippen MR) is 419 cm³/mol. The monoisotopic (exact) mass is 1420 g/mol. The summed E-state index contributed by atoms with van der Waals surface area (Å²) in [6, 6.07) is -0.952. The summed E-state index contributed by atoms with van der Waals surface area (Å²) in [7, 11) is 0. The number of aliphatic hydroxyl groups excluding tert-OH is 8. The SMILES string of the molecule is CC/C=C\C/C=C\C/C=C\C/C=C\C/C=C\C/C=C\C/C=C\C/C=C\CCCCCCCCCCCCC(=O)NC(COC1OC(CO)C(OC2OC(CO)C(O)C(O)C2O)C(O)C1O)C(O)/C=C/CC/C=C/CC/C=C/CCCCCCCCCCCCCCCCCCCCCCCC. The quantitative estimate of drug-likeness (QED) is 0.0204. The Balaban J connectivity index is 1.65. The van der Waals surface area contributed by atoms with Crippen molar-refractivity contribution in [2.24, 2.45) is 0 Å². The van der Waals surface area contributed by atoms with E-state index in [1.54, 1.807) is 6.08 Å². The van der Waals surface area contributed by atoms with Crippen molar-refractivity contribution in [3.05, 3.63) is 134 Å². The number of carbonyl (C=O) groups excluding carboxylic acids is 1. The van der Waals surface area contributed by atoms with Crippen molar-refractivity contribution in [2.75, 3.05) is 19.8 Å². The fourth-order valence-corrected chi connectivity index (χ4v) is 12.6. The van der Waals surface area contributed by atoms with Gasteiger partial charge in [0, 0.05) is 6.42 Å². The van der Waals surface area contributed by atoms with Gasteiger partial charge in [-0.1, -0.05) is 334 Å². The molecule has 0 spiro atoms. The number of unbranched alkanes of at least 4 members (excludes halogenated alkanes) is 34. The highest BCUT2D eigenvalue weighted by Crippen LogP contribution is 2.30. The topological polar surface area (TPSA) is 228 Å². The van der Waals surface area contributed by atoms with Gasteiger partial charge in [-0.3, -0.25) is 4.79 Å². The van der Waals surface area contributed by atoms with Crippen LogP contribution in [0.15, 0.2) is 134 Å². The zero-order valence-electron chi connectivity index (χ0n) is 63.6. The number of rotatable bonds is 67. The molecular weight excluding hydrogens is 1270 g/mol. The standard InChI is InChI=1S/C87H149NO13/c1-3-5-7-9-11-13-15-17-19-21-23-25-27-29-31-33-35-37-38-39-41-43-45-47-49-51-53-55-57-59-61-63-65-67-69-71-79(92)88-75(74-98-86-84(97)82(95)85(78(73-90)100-86)101-87-83(96)81(94)80(93)77(72-89)99-87)76(91)70-68-66-64-62-60-58-56-54-52-50-48-46-44-42-40-36-34-32-30-28-26-24-22-20-18-16-14-12-10-8-6-4-2/h5,7,11,13,17,19,23,25,29,31,35,37,39,41,45,47,52,54,60,62,68,70,75-78,80-87,89-91,93-97H,3-4,6,8-10,12,14-16,18,20-22,24,26-28,30,32-34,36,38,40,42-44,46,48-51,53,55-59,61,63-67,69,71-74H2,1-2H3,(H,88,92)/b7-5-,13-11-,19-17-,25-23-,31-29-,37-35-,41-39-,47-45-,54-52+,62-60+,70-68+. The van der Waals surface area contributed by atoms with E-state index in [0.717, 1.165) is 103 Å². The van der Waals surface area contributed by atoms with Crippen LogP contribution in [0.25, 0.3) is 0 Å². The molecule has 0 aromatic rings. The molecule has 2 heterocycles. The first-order valence-electron chi connectivity index (χ1n) is 40.9. The molecule has 9 N–H and O–H groups in total. The molecule has 12 unspecified atom stereocenters. The maximum absolute atomic E-state index is 13.4. The van der Waals surface area contributed by atoms with Crippen LogP contribution in [0.5, 0.6) is 0 Å². The van der Waals surface area contributed by atoms with Crippen LogP contribution in [-0.4, -0.2) is 140 Å². The Labute approximate surface area is 615 Å². The van der Waals surface area contributed by atoms with Crippen molar-refractivity contribution in [3.63, 3.8) is 0 Å². The second kappa shape index (κ2) is 69.2. The van der Waals surface area contributed by atoms with Gasteiger partial charge in [-0.25, -0.2) is 0 Å². The molecule has 2 fully saturated rings. The van der Waals surface area contributed by atoms with Crippen molar-refractivity contribution in [1.82, 2.24) is 5.32 Å². The van der Waals surface area contributed by atoms with Gasteiger partial charge in [0.1, 0.15) is 48.8 Å². The zero-order chi connectivity index (χ0) is 73.0. The fraction of sp³-hybridized carbons (Fsp3) is 0.736. The van der Waals surface area contributed by atoms with Crippen LogP contribution in [0.3, 0.4) is 0 Å². The molecule has 1 amide bonds. The van der Waals surface area contributed by atoms with E-state index in [-0.39, 0.29) is 18.9 Å². The first kappa shape index (κ1) is 93.2. The Morgan fingerprint density at radius 2 is 0.693 bits per heavy atom. The molecule has 0 aliphatic carbocycles. The molecule has 2 aliphatic rings. The lowest BCUT2D eigenvalue weighted by Gasteiger charge is -2.46. The van der Waals surface area contributed by atoms with Gasteiger partial charge in [0.15, 0.2) is 12.6 Å². The van der Waals surface area contributed by atoms with E-state index >= 15 is 0 Å². The van der Waals surface area contributed by atoms with Gasteiger partial charge in [-0.15, -0.1) is 0 Å². The second-order valence-corrected chi connectivity index (χ2v) is 28.1. The minimum Gasteiger partial charge on any atom is -0.394 e. The summed E-state index contributed by atoms with van der Waals surface area (Å²) in [6.45, 7) is 2.69. The van der Waals surface area contributed by atoms with Crippen LogP contribution in [-0.2, 0) is 23.7 Å². The lowest BCUT2D eigenvalue weighted by molar-refractivity contribution is -0.359. The van der Waals surface area contributed by atoms with Crippen molar-refractivity contribution >= 4 is 5.91 Å². The van der Waals surface area contributed by atoms with E-state index < -0.39 is 86.8 Å². The largest absolute Gasteiger partial charge is 0.394 e. The number of nitrogens with one attached hydrogen (secondary N) is 1. The van der Waals surface area contributed by atoms with Crippen LogP contribution < -0.4 is 5.32 Å². The normalized spacial score (nSPS) is 22.5. The van der Waals surface area contributed by atoms with Crippen LogP contribution in [0, 0.1) is 0 Å². The average Bonchev–Trinajstić information content (AvgIpc) is 0.791. The lowest BCUT2D eigenvalue weighted by atomic mass is 9.97. The van der Waals surface area contributed by atoms with Gasteiger partial charge >= 0.3 is 0 Å². The van der Waals surface area contributed by atoms with E-state index in [1.165, 1.54) is 180 Å². The van der Waals surface area contributed by atoms with Gasteiger partial charge in [0.05, 0.1) is 32.0 Å². The minimum atomic E-state index is -1.80. The van der Waals surface area contributed by atoms with E-state index in [2.05, 4.69) is 141 Å². The smallest absolute Gasteiger partial charge is 0.220 e. The highest BCUT2D eigenvalue weighted by Gasteiger charge is 2.51. The average molecular weight is 1420 g/mol. The predicted octanol–water partition coefficient (Wildman–Crippen LogP) is 19.0. The summed E-state index contributed by atoms with van der Waals surface area (Å²) in [6.07, 6.45) is 86.7. The molecule has 0 aromatic carbocycles. The molecule has 0 radical (unpaired) electrons. The Kier molecular flexibility index (Phi) is 63.9. The summed E-state index contributed by atoms with van der Waals surface area (Å²) >= 11 is 0. The highest BCUT2D eigenvalue weighted by molar-refractivity contribution is 5.76. The molecule has 580 valence electrons. The number of allylic oxidation sites excluding steroid dienone is 21. The first-order chi connectivity index (χ1) is 49.6. The lowest BCUT2D eigenvalue weighted by Crippen LogP contribution is -2.65. The van der Waals surface area contributed by atoms with Gasteiger partial charge in [-0.2, -0.15) is 0 Å². The summed E-state index contributed by atoms with van der Waals surface area (Å²) in [5, 5.41) is 87.7. The van der Waals surface area contributed by atoms with Gasteiger partial charge in [0.25, 0.3) is 0 Å². The molecule has 0 saturated carbocycles. The van der Waals surface area contributed by atoms with Crippen LogP contribution in [0.4, 0.5) is 0 Å². The van der Waals surface area contributed by atoms with Crippen LogP contribution in [0.2, 0.25) is 0 Å². The van der Waals surface area contributed by atoms with Crippen molar-refractivity contribution < 1.29 is 64.6 Å². The van der Waals surface area contributed by atoms with Crippen LogP contribution >= 0.6 is 0 Å². The number of hydrogen-bond acceptors (Lipinski definition) is 13. The molecule has 2 saturated heterocycles. The second-order valence-electron chi connectivity index (χ2n) is 28.1. The fourth-order valence-electron chi connectivity index (χ4n) is 12.6. The zero-order valence-corrected chi connectivity index (χ0v) is 63.6. The summed E-state index contributed by atoms with van der Waals surface area (Å²) < 4.78 is 22.9. The van der Waals surface area contributed by atoms with Gasteiger partial charge < -0.3 is 65.1 Å². The molecule has 101 heavy (non-hydrogen) atoms. The van der Waals surface area contributed by atoms with Crippen molar-refractivity contribution in [1.29, 1.82) is 0 Å². The number of ether oxygens (including phenoxy) is 4. The Morgan fingerprint density at radius 3 is 1.09 bits per heavy atom. The van der Waals surface area contributed by atoms with Crippen LogP contribution in [0.1, 0.15) is 316 Å². The Hall–Kier alpha value is -3.87. The third-order valence-corrected chi connectivity index (χ3v) is 19.0. The van der Waals surface area contributed by atoms with E-state index in [9.17, 15) is 45.6 Å². The molecule has 2 aliphatic heterocycles. The Morgan fingerprint density at radius 1 is 0.366 bits per heavy atom. The van der Waals surface area contributed by atoms with E-state index in [1.807, 2.05) is 6.08 Å². The third-order valence-electron chi connectivity index (χ3n) is 19.0. The summed E-state index contributed by atoms with van der Waals surface area (Å²) in [5.41, 5.74) is 0. The van der Waals surface area contributed by atoms with Gasteiger partial charge in [0.2, 0.25) is 5.91 Å². The summed E-state index contributed by atoms with van der Waals surface area (Å²) in [4.78, 5) is 13.4. The molecule has 2 rings (SSSR count). The highest BCUT2D eigenvalue weighted by atomic mass is 16.7. The maximum atomic E-state index is 13.4. The molecule has 14 nitrogen and oxygen atoms in total. The molecule has 12 atom stereocenters. The van der Waals surface area contributed by atoms with E-state index in [0.29, 0.717) is 12.8 Å². The number of amides is 1. The molecule has 0 bridgehead atoms. The van der Waals surface area contributed by atoms with E-state index in [4.69, 9.17) is 18.9 Å². The molecular formula is C87H149NO13. The molecule has 14 heteroatoms. The Bertz CT molecular complexity index is 2220. The van der Waals surface area contributed by atoms with Crippen molar-refractivity contribution in [2.45, 2.75) is 389 Å².